The highest BCUT2D eigenvalue weighted by Gasteiger charge is 2.28. The van der Waals surface area contributed by atoms with Crippen LogP contribution >= 0.6 is 0 Å². The molecule has 3 aromatic rings. The lowest BCUT2D eigenvalue weighted by molar-refractivity contribution is -0.138. The second-order valence-electron chi connectivity index (χ2n) is 4.96. The monoisotopic (exact) mass is 281 g/mol. The predicted octanol–water partition coefficient (Wildman–Crippen LogP) is 2.88. The third kappa shape index (κ3) is 3.25. The first-order valence-electron chi connectivity index (χ1n) is 6.81. The minimum atomic E-state index is -0.630. The summed E-state index contributed by atoms with van der Waals surface area (Å²) in [5, 5.41) is 8.05. The van der Waals surface area contributed by atoms with Crippen LogP contribution in [0.25, 0.3) is 16.9 Å². The molecule has 5 heteroatoms. The second kappa shape index (κ2) is 5.75. The van der Waals surface area contributed by atoms with Crippen molar-refractivity contribution in [3.8, 4) is 11.1 Å². The minimum absolute atomic E-state index is 0.0185. The number of hydrogen-bond acceptors (Lipinski definition) is 3. The zero-order valence-corrected chi connectivity index (χ0v) is 11.4. The number of carboxylic acids is 1. The van der Waals surface area contributed by atoms with E-state index in [2.05, 4.69) is 22.1 Å². The van der Waals surface area contributed by atoms with Crippen molar-refractivity contribution in [2.24, 2.45) is 5.92 Å². The fraction of sp³-hybridized carbons (Fsp3) is 0.188. The largest absolute Gasteiger partial charge is 0.481 e. The van der Waals surface area contributed by atoms with Crippen LogP contribution in [-0.4, -0.2) is 25.4 Å². The van der Waals surface area contributed by atoms with E-state index in [-0.39, 0.29) is 5.92 Å². The number of fused-ring (bicyclic) bond motifs is 1. The quantitative estimate of drug-likeness (QED) is 0.784. The molecule has 1 fully saturated rings. The van der Waals surface area contributed by atoms with Gasteiger partial charge in [0.05, 0.1) is 5.92 Å². The lowest BCUT2D eigenvalue weighted by Gasteiger charge is -2.00. The molecular formula is C16H15N3O2. The Morgan fingerprint density at radius 2 is 1.90 bits per heavy atom. The lowest BCUT2D eigenvalue weighted by Crippen LogP contribution is -1.94. The summed E-state index contributed by atoms with van der Waals surface area (Å²) < 4.78 is 1.92. The fourth-order valence-corrected chi connectivity index (χ4v) is 1.93. The van der Waals surface area contributed by atoms with Gasteiger partial charge < -0.3 is 5.11 Å². The van der Waals surface area contributed by atoms with E-state index >= 15 is 0 Å². The lowest BCUT2D eigenvalue weighted by atomic mass is 10.1. The van der Waals surface area contributed by atoms with E-state index in [0.717, 1.165) is 24.2 Å². The van der Waals surface area contributed by atoms with Crippen LogP contribution < -0.4 is 0 Å². The zero-order chi connectivity index (χ0) is 14.7. The van der Waals surface area contributed by atoms with E-state index in [0.29, 0.717) is 0 Å². The Balaban J connectivity index is 0.000000186. The average molecular weight is 281 g/mol. The van der Waals surface area contributed by atoms with Crippen LogP contribution in [0.5, 0.6) is 0 Å². The van der Waals surface area contributed by atoms with Gasteiger partial charge in [0.2, 0.25) is 5.78 Å². The summed E-state index contributed by atoms with van der Waals surface area (Å²) in [5.41, 5.74) is 2.27. The van der Waals surface area contributed by atoms with Crippen molar-refractivity contribution in [1.82, 2.24) is 14.4 Å². The first-order valence-corrected chi connectivity index (χ1v) is 6.81. The summed E-state index contributed by atoms with van der Waals surface area (Å²) in [4.78, 5) is 18.1. The maximum absolute atomic E-state index is 9.76. The van der Waals surface area contributed by atoms with Crippen LogP contribution in [0, 0.1) is 5.92 Å². The van der Waals surface area contributed by atoms with Gasteiger partial charge in [-0.15, -0.1) is 0 Å². The van der Waals surface area contributed by atoms with E-state index in [1.54, 1.807) is 6.20 Å². The molecule has 4 rings (SSSR count). The molecule has 0 atom stereocenters. The van der Waals surface area contributed by atoms with Crippen LogP contribution in [0.1, 0.15) is 12.8 Å². The Morgan fingerprint density at radius 3 is 2.52 bits per heavy atom. The molecule has 0 radical (unpaired) electrons. The number of imidazole rings is 1. The SMILES string of the molecule is O=C(O)C1CC1.c1ccc(-c2cnc3nccn3c2)cc1. The Kier molecular flexibility index (Phi) is 3.64. The van der Waals surface area contributed by atoms with Crippen LogP contribution in [0.15, 0.2) is 55.1 Å². The summed E-state index contributed by atoms with van der Waals surface area (Å²) in [5.74, 6) is 0.120. The van der Waals surface area contributed by atoms with Crippen molar-refractivity contribution in [3.05, 3.63) is 55.1 Å². The summed E-state index contributed by atoms with van der Waals surface area (Å²) in [6.07, 6.45) is 9.32. The minimum Gasteiger partial charge on any atom is -0.481 e. The molecule has 1 saturated carbocycles. The first-order chi connectivity index (χ1) is 10.2. The van der Waals surface area contributed by atoms with Crippen LogP contribution in [0.2, 0.25) is 0 Å². The predicted molar refractivity (Wildman–Crippen MR) is 78.8 cm³/mol. The van der Waals surface area contributed by atoms with Gasteiger partial charge in [0, 0.05) is 30.4 Å². The van der Waals surface area contributed by atoms with Gasteiger partial charge in [-0.2, -0.15) is 0 Å². The van der Waals surface area contributed by atoms with Gasteiger partial charge >= 0.3 is 5.97 Å². The molecule has 0 bridgehead atoms. The Morgan fingerprint density at radius 1 is 1.14 bits per heavy atom. The highest BCUT2D eigenvalue weighted by atomic mass is 16.4. The number of aliphatic carboxylic acids is 1. The smallest absolute Gasteiger partial charge is 0.306 e. The Labute approximate surface area is 121 Å². The van der Waals surface area contributed by atoms with Gasteiger partial charge in [0.25, 0.3) is 0 Å². The van der Waals surface area contributed by atoms with Crippen LogP contribution in [0.3, 0.4) is 0 Å². The normalized spacial score (nSPS) is 13.5. The molecule has 1 N–H and O–H groups in total. The molecule has 1 aliphatic rings. The highest BCUT2D eigenvalue weighted by molar-refractivity contribution is 5.72. The number of rotatable bonds is 2. The molecule has 2 heterocycles. The number of carboxylic acid groups (broad SMARTS) is 1. The summed E-state index contributed by atoms with van der Waals surface area (Å²) in [6, 6.07) is 10.2. The van der Waals surface area contributed by atoms with Crippen molar-refractivity contribution < 1.29 is 9.90 Å². The van der Waals surface area contributed by atoms with Crippen molar-refractivity contribution in [2.45, 2.75) is 12.8 Å². The molecule has 1 aromatic carbocycles. The molecule has 1 aliphatic carbocycles. The van der Waals surface area contributed by atoms with Gasteiger partial charge in [-0.3, -0.25) is 9.20 Å². The molecular weight excluding hydrogens is 266 g/mol. The molecule has 0 amide bonds. The number of aromatic nitrogens is 3. The molecule has 21 heavy (non-hydrogen) atoms. The average Bonchev–Trinajstić information content (AvgIpc) is 3.27. The van der Waals surface area contributed by atoms with E-state index in [9.17, 15) is 4.79 Å². The Bertz CT molecular complexity index is 748. The second-order valence-corrected chi connectivity index (χ2v) is 4.96. The summed E-state index contributed by atoms with van der Waals surface area (Å²) in [7, 11) is 0. The van der Waals surface area contributed by atoms with Crippen molar-refractivity contribution >= 4 is 11.7 Å². The molecule has 106 valence electrons. The van der Waals surface area contributed by atoms with Gasteiger partial charge in [-0.1, -0.05) is 30.3 Å². The number of benzene rings is 1. The van der Waals surface area contributed by atoms with Crippen molar-refractivity contribution in [3.63, 3.8) is 0 Å². The number of nitrogens with zero attached hydrogens (tertiary/aromatic N) is 3. The summed E-state index contributed by atoms with van der Waals surface area (Å²) >= 11 is 0. The number of hydrogen-bond donors (Lipinski definition) is 1. The maximum atomic E-state index is 9.76. The van der Waals surface area contributed by atoms with E-state index in [1.807, 2.05) is 41.2 Å². The first kappa shape index (κ1) is 13.3. The van der Waals surface area contributed by atoms with Gasteiger partial charge in [-0.25, -0.2) is 9.97 Å². The molecule has 0 saturated heterocycles. The van der Waals surface area contributed by atoms with E-state index in [1.165, 1.54) is 5.56 Å². The Hall–Kier alpha value is -2.69. The zero-order valence-electron chi connectivity index (χ0n) is 11.4. The third-order valence-corrected chi connectivity index (χ3v) is 3.28. The van der Waals surface area contributed by atoms with Gasteiger partial charge in [0.15, 0.2) is 0 Å². The topological polar surface area (TPSA) is 67.5 Å². The summed E-state index contributed by atoms with van der Waals surface area (Å²) in [6.45, 7) is 0. The highest BCUT2D eigenvalue weighted by Crippen LogP contribution is 2.28. The molecule has 0 aliphatic heterocycles. The number of carbonyl (C=O) groups is 1. The van der Waals surface area contributed by atoms with Crippen molar-refractivity contribution in [1.29, 1.82) is 0 Å². The van der Waals surface area contributed by atoms with Crippen LogP contribution in [0.4, 0.5) is 0 Å². The standard InChI is InChI=1S/C12H9N3.C4H6O2/c1-2-4-10(5-3-1)11-8-14-12-13-6-7-15(12)9-11;5-4(6)3-1-2-3/h1-9H;3H,1-2H2,(H,5,6). The maximum Gasteiger partial charge on any atom is 0.306 e. The van der Waals surface area contributed by atoms with Gasteiger partial charge in [0.1, 0.15) is 0 Å². The molecule has 0 spiro atoms. The molecule has 0 unspecified atom stereocenters. The molecule has 5 nitrogen and oxygen atoms in total. The molecule has 2 aromatic heterocycles. The third-order valence-electron chi connectivity index (χ3n) is 3.28. The van der Waals surface area contributed by atoms with Gasteiger partial charge in [-0.05, 0) is 18.4 Å². The fourth-order valence-electron chi connectivity index (χ4n) is 1.93. The van der Waals surface area contributed by atoms with Crippen molar-refractivity contribution in [2.75, 3.05) is 0 Å². The van der Waals surface area contributed by atoms with E-state index < -0.39 is 5.97 Å². The van der Waals surface area contributed by atoms with E-state index in [4.69, 9.17) is 5.11 Å². The van der Waals surface area contributed by atoms with Crippen LogP contribution in [-0.2, 0) is 4.79 Å².